The van der Waals surface area contributed by atoms with E-state index in [9.17, 15) is 4.79 Å². The van der Waals surface area contributed by atoms with Crippen LogP contribution in [-0.2, 0) is 10.3 Å². The maximum atomic E-state index is 13.7. The first-order chi connectivity index (χ1) is 16.5. The van der Waals surface area contributed by atoms with Crippen LogP contribution in [0.25, 0.3) is 11.1 Å². The third kappa shape index (κ3) is 4.64. The molecule has 0 heterocycles. The molecule has 2 aromatic carbocycles. The molecule has 2 aliphatic carbocycles. The van der Waals surface area contributed by atoms with Crippen molar-refractivity contribution in [1.82, 2.24) is 0 Å². The fraction of sp³-hybridized carbons (Fsp3) is 0.533. The minimum atomic E-state index is -0.0968. The summed E-state index contributed by atoms with van der Waals surface area (Å²) in [5, 5.41) is 4.32. The Morgan fingerprint density at radius 1 is 0.971 bits per heavy atom. The molecular weight excluding hydrogens is 420 g/mol. The van der Waals surface area contributed by atoms with E-state index in [1.165, 1.54) is 54.4 Å². The van der Waals surface area contributed by atoms with Crippen molar-refractivity contribution in [1.29, 1.82) is 0 Å². The fourth-order valence-electron chi connectivity index (χ4n) is 6.32. The standard InChI is InChI=1S/C30H40N2O2/c1-4-16-30(17-5-2)26-19-22(12-14-24(26)25-15-13-23(31)20-27(25)30)29(33)28(32-34-6-3)18-21-10-8-7-9-11-21/h12-15,19-21H,4-11,16-18,31H2,1-3H3/b32-28+. The Hall–Kier alpha value is -2.62. The molecule has 0 aliphatic heterocycles. The third-order valence-electron chi connectivity index (χ3n) is 7.77. The van der Waals surface area contributed by atoms with Crippen LogP contribution in [0.1, 0.15) is 106 Å². The van der Waals surface area contributed by atoms with Crippen LogP contribution in [-0.4, -0.2) is 18.1 Å². The molecule has 1 fully saturated rings. The van der Waals surface area contributed by atoms with Gasteiger partial charge in [-0.25, -0.2) is 0 Å². The predicted molar refractivity (Wildman–Crippen MR) is 141 cm³/mol. The molecule has 182 valence electrons. The van der Waals surface area contributed by atoms with E-state index >= 15 is 0 Å². The van der Waals surface area contributed by atoms with Crippen LogP contribution < -0.4 is 5.73 Å². The fourth-order valence-corrected chi connectivity index (χ4v) is 6.32. The number of fused-ring (bicyclic) bond motifs is 3. The zero-order valence-electron chi connectivity index (χ0n) is 21.2. The molecule has 0 bridgehead atoms. The quantitative estimate of drug-likeness (QED) is 0.171. The monoisotopic (exact) mass is 460 g/mol. The second kappa shape index (κ2) is 10.8. The topological polar surface area (TPSA) is 64.7 Å². The number of hydrogen-bond acceptors (Lipinski definition) is 4. The number of oxime groups is 1. The van der Waals surface area contributed by atoms with Crippen molar-refractivity contribution in [2.24, 2.45) is 11.1 Å². The van der Waals surface area contributed by atoms with Gasteiger partial charge in [-0.1, -0.05) is 82.1 Å². The molecule has 1 saturated carbocycles. The normalized spacial score (nSPS) is 17.3. The summed E-state index contributed by atoms with van der Waals surface area (Å²) in [7, 11) is 0. The Bertz CT molecular complexity index is 1040. The molecule has 2 aliphatic rings. The lowest BCUT2D eigenvalue weighted by Crippen LogP contribution is -2.26. The summed E-state index contributed by atoms with van der Waals surface area (Å²) >= 11 is 0. The van der Waals surface area contributed by atoms with E-state index in [1.54, 1.807) is 0 Å². The van der Waals surface area contributed by atoms with Crippen molar-refractivity contribution in [2.45, 2.75) is 90.4 Å². The molecule has 0 aromatic heterocycles. The lowest BCUT2D eigenvalue weighted by molar-refractivity contribution is 0.104. The molecule has 0 atom stereocenters. The van der Waals surface area contributed by atoms with Crippen molar-refractivity contribution in [3.05, 3.63) is 53.1 Å². The number of carbonyl (C=O) groups excluding carboxylic acids is 1. The highest BCUT2D eigenvalue weighted by Crippen LogP contribution is 2.54. The number of carbonyl (C=O) groups is 1. The molecule has 0 spiro atoms. The number of ketones is 1. The Labute approximate surface area is 205 Å². The minimum Gasteiger partial charge on any atom is -0.399 e. The van der Waals surface area contributed by atoms with Gasteiger partial charge in [-0.3, -0.25) is 4.79 Å². The minimum absolute atomic E-state index is 0.0131. The average molecular weight is 461 g/mol. The van der Waals surface area contributed by atoms with Crippen LogP contribution >= 0.6 is 0 Å². The van der Waals surface area contributed by atoms with Gasteiger partial charge >= 0.3 is 0 Å². The Morgan fingerprint density at radius 3 is 2.26 bits per heavy atom. The summed E-state index contributed by atoms with van der Waals surface area (Å²) < 4.78 is 0. The molecule has 0 radical (unpaired) electrons. The largest absolute Gasteiger partial charge is 0.399 e. The van der Waals surface area contributed by atoms with E-state index in [-0.39, 0.29) is 11.2 Å². The van der Waals surface area contributed by atoms with Crippen LogP contribution in [0.5, 0.6) is 0 Å². The Morgan fingerprint density at radius 2 is 1.62 bits per heavy atom. The Kier molecular flexibility index (Phi) is 7.75. The highest BCUT2D eigenvalue weighted by Gasteiger charge is 2.42. The number of nitrogen functional groups attached to an aromatic ring is 1. The van der Waals surface area contributed by atoms with Gasteiger partial charge in [0.2, 0.25) is 5.78 Å². The van der Waals surface area contributed by atoms with E-state index < -0.39 is 0 Å². The predicted octanol–water partition coefficient (Wildman–Crippen LogP) is 7.68. The zero-order chi connectivity index (χ0) is 24.1. The first kappa shape index (κ1) is 24.5. The summed E-state index contributed by atoms with van der Waals surface area (Å²) in [5.41, 5.74) is 13.4. The van der Waals surface area contributed by atoms with Gasteiger partial charge in [0, 0.05) is 16.7 Å². The summed E-state index contributed by atoms with van der Waals surface area (Å²) in [4.78, 5) is 19.2. The van der Waals surface area contributed by atoms with Crippen LogP contribution in [0, 0.1) is 5.92 Å². The number of nitrogens with zero attached hydrogens (tertiary/aromatic N) is 1. The number of hydrogen-bond donors (Lipinski definition) is 1. The van der Waals surface area contributed by atoms with Crippen molar-refractivity contribution in [2.75, 3.05) is 12.3 Å². The lowest BCUT2D eigenvalue weighted by atomic mass is 9.71. The van der Waals surface area contributed by atoms with Gasteiger partial charge in [0.15, 0.2) is 0 Å². The van der Waals surface area contributed by atoms with Crippen LogP contribution in [0.2, 0.25) is 0 Å². The molecule has 4 nitrogen and oxygen atoms in total. The van der Waals surface area contributed by atoms with E-state index in [4.69, 9.17) is 10.6 Å². The molecule has 34 heavy (non-hydrogen) atoms. The smallest absolute Gasteiger partial charge is 0.210 e. The Balaban J connectivity index is 1.75. The first-order valence-electron chi connectivity index (χ1n) is 13.3. The van der Waals surface area contributed by atoms with Gasteiger partial charge < -0.3 is 10.6 Å². The SMILES string of the molecule is CCCC1(CCC)c2cc(N)ccc2-c2ccc(C(=O)/C(CC3CCCCC3)=N/OCC)cc21. The lowest BCUT2D eigenvalue weighted by Gasteiger charge is -2.32. The van der Waals surface area contributed by atoms with Gasteiger partial charge in [0.05, 0.1) is 0 Å². The average Bonchev–Trinajstić information content (AvgIpc) is 3.11. The van der Waals surface area contributed by atoms with Crippen molar-refractivity contribution in [3.8, 4) is 11.1 Å². The molecule has 4 heteroatoms. The summed E-state index contributed by atoms with van der Waals surface area (Å²) in [6.45, 7) is 6.87. The number of benzene rings is 2. The van der Waals surface area contributed by atoms with Crippen LogP contribution in [0.4, 0.5) is 5.69 Å². The van der Waals surface area contributed by atoms with Gasteiger partial charge in [-0.05, 0) is 72.6 Å². The second-order valence-electron chi connectivity index (χ2n) is 10.1. The van der Waals surface area contributed by atoms with Crippen molar-refractivity contribution in [3.63, 3.8) is 0 Å². The molecule has 2 aromatic rings. The van der Waals surface area contributed by atoms with Gasteiger partial charge in [-0.15, -0.1) is 0 Å². The number of rotatable bonds is 10. The molecule has 2 N–H and O–H groups in total. The highest BCUT2D eigenvalue weighted by molar-refractivity contribution is 6.46. The zero-order valence-corrected chi connectivity index (χ0v) is 21.2. The molecule has 4 rings (SSSR count). The van der Waals surface area contributed by atoms with E-state index in [2.05, 4.69) is 43.3 Å². The maximum absolute atomic E-state index is 13.7. The second-order valence-corrected chi connectivity index (χ2v) is 10.1. The van der Waals surface area contributed by atoms with E-state index in [0.29, 0.717) is 24.7 Å². The summed E-state index contributed by atoms with van der Waals surface area (Å²) in [5.74, 6) is 0.539. The van der Waals surface area contributed by atoms with Gasteiger partial charge in [-0.2, -0.15) is 0 Å². The van der Waals surface area contributed by atoms with E-state index in [1.807, 2.05) is 19.1 Å². The highest BCUT2D eigenvalue weighted by atomic mass is 16.6. The summed E-state index contributed by atoms with van der Waals surface area (Å²) in [6.07, 6.45) is 11.1. The van der Waals surface area contributed by atoms with Crippen molar-refractivity contribution >= 4 is 17.2 Å². The summed E-state index contributed by atoms with van der Waals surface area (Å²) in [6, 6.07) is 12.6. The van der Waals surface area contributed by atoms with Gasteiger partial charge in [0.25, 0.3) is 0 Å². The van der Waals surface area contributed by atoms with E-state index in [0.717, 1.165) is 36.9 Å². The number of Topliss-reactive ketones (excluding diaryl/α,β-unsaturated/α-hetero) is 1. The molecular formula is C30H40N2O2. The van der Waals surface area contributed by atoms with Crippen molar-refractivity contribution < 1.29 is 9.63 Å². The van der Waals surface area contributed by atoms with Crippen LogP contribution in [0.3, 0.4) is 0 Å². The number of nitrogens with two attached hydrogens (primary N) is 1. The molecule has 0 amide bonds. The van der Waals surface area contributed by atoms with Gasteiger partial charge in [0.1, 0.15) is 12.3 Å². The van der Waals surface area contributed by atoms with Crippen LogP contribution in [0.15, 0.2) is 41.6 Å². The number of anilines is 1. The maximum Gasteiger partial charge on any atom is 0.210 e. The molecule has 0 saturated heterocycles. The first-order valence-corrected chi connectivity index (χ1v) is 13.3. The molecule has 0 unspecified atom stereocenters. The third-order valence-corrected chi connectivity index (χ3v) is 7.77.